The van der Waals surface area contributed by atoms with Crippen molar-refractivity contribution in [1.82, 2.24) is 5.32 Å². The van der Waals surface area contributed by atoms with Crippen LogP contribution in [0.4, 0.5) is 18.9 Å². The minimum Gasteiger partial charge on any atom is -0.380 e. The molecule has 0 aliphatic carbocycles. The highest BCUT2D eigenvalue weighted by Gasteiger charge is 2.18. The molecule has 0 radical (unpaired) electrons. The first-order chi connectivity index (χ1) is 9.08. The maximum absolute atomic E-state index is 13.5. The van der Waals surface area contributed by atoms with E-state index in [-0.39, 0.29) is 17.8 Å². The van der Waals surface area contributed by atoms with Crippen molar-refractivity contribution in [1.29, 1.82) is 0 Å². The average Bonchev–Trinajstić information content (AvgIpc) is 2.41. The van der Waals surface area contributed by atoms with Crippen LogP contribution < -0.4 is 10.6 Å². The zero-order valence-corrected chi connectivity index (χ0v) is 10.7. The first kappa shape index (κ1) is 14.1. The van der Waals surface area contributed by atoms with Gasteiger partial charge in [0.15, 0.2) is 17.5 Å². The lowest BCUT2D eigenvalue weighted by Gasteiger charge is -2.27. The molecule has 0 saturated carbocycles. The van der Waals surface area contributed by atoms with Gasteiger partial charge in [0, 0.05) is 18.6 Å². The van der Waals surface area contributed by atoms with E-state index in [1.165, 1.54) is 6.07 Å². The molecular weight excluding hydrogens is 257 g/mol. The maximum Gasteiger partial charge on any atom is 0.196 e. The number of hydrogen-bond donors (Lipinski definition) is 2. The van der Waals surface area contributed by atoms with E-state index in [9.17, 15) is 13.2 Å². The monoisotopic (exact) mass is 274 g/mol. The van der Waals surface area contributed by atoms with Gasteiger partial charge in [0.05, 0.1) is 18.9 Å². The smallest absolute Gasteiger partial charge is 0.196 e. The van der Waals surface area contributed by atoms with Gasteiger partial charge in [-0.2, -0.15) is 0 Å². The van der Waals surface area contributed by atoms with Gasteiger partial charge in [0.1, 0.15) is 0 Å². The molecule has 3 nitrogen and oxygen atoms in total. The number of halogens is 3. The topological polar surface area (TPSA) is 33.3 Å². The fourth-order valence-corrected chi connectivity index (χ4v) is 2.16. The predicted octanol–water partition coefficient (Wildman–Crippen LogP) is 2.28. The molecule has 0 amide bonds. The van der Waals surface area contributed by atoms with E-state index >= 15 is 0 Å². The Labute approximate surface area is 110 Å². The summed E-state index contributed by atoms with van der Waals surface area (Å²) in [6.45, 7) is 3.94. The number of nitrogens with one attached hydrogen (secondary N) is 2. The van der Waals surface area contributed by atoms with Crippen LogP contribution in [-0.2, 0) is 4.74 Å². The van der Waals surface area contributed by atoms with Gasteiger partial charge in [-0.1, -0.05) is 0 Å². The molecule has 2 unspecified atom stereocenters. The van der Waals surface area contributed by atoms with Crippen LogP contribution in [0.3, 0.4) is 0 Å². The number of ether oxygens (including phenoxy) is 1. The first-order valence-corrected chi connectivity index (χ1v) is 6.29. The minimum atomic E-state index is -1.45. The summed E-state index contributed by atoms with van der Waals surface area (Å²) in [6.07, 6.45) is 0.707. The number of morpholine rings is 1. The van der Waals surface area contributed by atoms with E-state index in [1.54, 1.807) is 0 Å². The van der Waals surface area contributed by atoms with Crippen molar-refractivity contribution in [3.8, 4) is 0 Å². The minimum absolute atomic E-state index is 0.0249. The highest BCUT2D eigenvalue weighted by Crippen LogP contribution is 2.21. The van der Waals surface area contributed by atoms with Crippen LogP contribution in [0.1, 0.15) is 13.3 Å². The second-order valence-electron chi connectivity index (χ2n) is 4.73. The molecule has 1 heterocycles. The van der Waals surface area contributed by atoms with Crippen LogP contribution in [-0.4, -0.2) is 31.8 Å². The SMILES string of the molecule is CC(CC1COCCN1)Nc1ccc(F)c(F)c1F. The Balaban J connectivity index is 1.94. The molecule has 1 aliphatic rings. The van der Waals surface area contributed by atoms with Gasteiger partial charge in [0.2, 0.25) is 0 Å². The molecule has 2 N–H and O–H groups in total. The van der Waals surface area contributed by atoms with Crippen LogP contribution in [0.15, 0.2) is 12.1 Å². The summed E-state index contributed by atoms with van der Waals surface area (Å²) in [6, 6.07) is 2.22. The van der Waals surface area contributed by atoms with Crippen LogP contribution in [0, 0.1) is 17.5 Å². The molecule has 1 aliphatic heterocycles. The predicted molar refractivity (Wildman–Crippen MR) is 66.6 cm³/mol. The number of hydrogen-bond acceptors (Lipinski definition) is 3. The second kappa shape index (κ2) is 6.25. The van der Waals surface area contributed by atoms with Gasteiger partial charge in [0.25, 0.3) is 0 Å². The highest BCUT2D eigenvalue weighted by molar-refractivity contribution is 5.46. The van der Waals surface area contributed by atoms with Crippen molar-refractivity contribution in [2.45, 2.75) is 25.4 Å². The fraction of sp³-hybridized carbons (Fsp3) is 0.538. The Morgan fingerprint density at radius 1 is 1.37 bits per heavy atom. The Morgan fingerprint density at radius 2 is 2.16 bits per heavy atom. The number of rotatable bonds is 4. The maximum atomic E-state index is 13.5. The summed E-state index contributed by atoms with van der Waals surface area (Å²) in [7, 11) is 0. The largest absolute Gasteiger partial charge is 0.380 e. The van der Waals surface area contributed by atoms with Gasteiger partial charge in [-0.3, -0.25) is 0 Å². The van der Waals surface area contributed by atoms with Crippen LogP contribution in [0.25, 0.3) is 0 Å². The second-order valence-corrected chi connectivity index (χ2v) is 4.73. The molecule has 2 atom stereocenters. The molecule has 1 fully saturated rings. The fourth-order valence-electron chi connectivity index (χ4n) is 2.16. The van der Waals surface area contributed by atoms with Crippen molar-refractivity contribution in [2.24, 2.45) is 0 Å². The molecule has 6 heteroatoms. The lowest BCUT2D eigenvalue weighted by atomic mass is 10.1. The third-order valence-electron chi connectivity index (χ3n) is 3.07. The third kappa shape index (κ3) is 3.61. The summed E-state index contributed by atoms with van der Waals surface area (Å²) in [5.41, 5.74) is -0.0249. The summed E-state index contributed by atoms with van der Waals surface area (Å²) >= 11 is 0. The van der Waals surface area contributed by atoms with Gasteiger partial charge in [-0.05, 0) is 25.5 Å². The van der Waals surface area contributed by atoms with E-state index in [1.807, 2.05) is 6.92 Å². The van der Waals surface area contributed by atoms with Crippen LogP contribution in [0.5, 0.6) is 0 Å². The van der Waals surface area contributed by atoms with E-state index in [4.69, 9.17) is 4.74 Å². The van der Waals surface area contributed by atoms with E-state index < -0.39 is 17.5 Å². The third-order valence-corrected chi connectivity index (χ3v) is 3.07. The highest BCUT2D eigenvalue weighted by atomic mass is 19.2. The van der Waals surface area contributed by atoms with Crippen molar-refractivity contribution >= 4 is 5.69 Å². The molecule has 2 rings (SSSR count). The summed E-state index contributed by atoms with van der Waals surface area (Å²) in [5.74, 6) is -3.81. The van der Waals surface area contributed by atoms with E-state index in [0.717, 1.165) is 12.6 Å². The van der Waals surface area contributed by atoms with Crippen molar-refractivity contribution in [3.05, 3.63) is 29.6 Å². The summed E-state index contributed by atoms with van der Waals surface area (Å²) in [4.78, 5) is 0. The van der Waals surface area contributed by atoms with Gasteiger partial charge in [-0.25, -0.2) is 13.2 Å². The zero-order valence-electron chi connectivity index (χ0n) is 10.7. The van der Waals surface area contributed by atoms with Crippen molar-refractivity contribution in [3.63, 3.8) is 0 Å². The Hall–Kier alpha value is -1.27. The quantitative estimate of drug-likeness (QED) is 0.826. The number of anilines is 1. The lowest BCUT2D eigenvalue weighted by molar-refractivity contribution is 0.0731. The lowest BCUT2D eigenvalue weighted by Crippen LogP contribution is -2.43. The van der Waals surface area contributed by atoms with Crippen LogP contribution >= 0.6 is 0 Å². The molecule has 1 aromatic carbocycles. The molecule has 0 bridgehead atoms. The molecule has 0 aromatic heterocycles. The van der Waals surface area contributed by atoms with Gasteiger partial charge < -0.3 is 15.4 Å². The van der Waals surface area contributed by atoms with Crippen LogP contribution in [0.2, 0.25) is 0 Å². The molecule has 19 heavy (non-hydrogen) atoms. The Morgan fingerprint density at radius 3 is 2.84 bits per heavy atom. The van der Waals surface area contributed by atoms with Crippen molar-refractivity contribution in [2.75, 3.05) is 25.1 Å². The normalized spacial score (nSPS) is 21.2. The summed E-state index contributed by atoms with van der Waals surface area (Å²) in [5, 5.41) is 6.13. The van der Waals surface area contributed by atoms with E-state index in [0.29, 0.717) is 19.6 Å². The molecule has 106 valence electrons. The molecule has 0 spiro atoms. The Kier molecular flexibility index (Phi) is 4.66. The standard InChI is InChI=1S/C13H17F3N2O/c1-8(6-9-7-19-5-4-17-9)18-11-3-2-10(14)12(15)13(11)16/h2-3,8-9,17-18H,4-7H2,1H3. The zero-order chi connectivity index (χ0) is 13.8. The average molecular weight is 274 g/mol. The van der Waals surface area contributed by atoms with E-state index in [2.05, 4.69) is 10.6 Å². The van der Waals surface area contributed by atoms with Gasteiger partial charge >= 0.3 is 0 Å². The molecule has 1 saturated heterocycles. The number of benzene rings is 1. The van der Waals surface area contributed by atoms with Gasteiger partial charge in [-0.15, -0.1) is 0 Å². The van der Waals surface area contributed by atoms with Crippen molar-refractivity contribution < 1.29 is 17.9 Å². The molecule has 1 aromatic rings. The Bertz CT molecular complexity index is 436. The molecular formula is C13H17F3N2O. The first-order valence-electron chi connectivity index (χ1n) is 6.29. The summed E-state index contributed by atoms with van der Waals surface area (Å²) < 4.78 is 44.7.